The molecule has 0 radical (unpaired) electrons. The Balaban J connectivity index is 1.89. The summed E-state index contributed by atoms with van der Waals surface area (Å²) in [6, 6.07) is 15.4. The highest BCUT2D eigenvalue weighted by Gasteiger charge is 2.42. The SMILES string of the molecule is Cc1ccccc1C1c2cc(Cl)ccc2CC2CN(C)CC21. The highest BCUT2D eigenvalue weighted by Crippen LogP contribution is 2.47. The van der Waals surface area contributed by atoms with Crippen molar-refractivity contribution < 1.29 is 0 Å². The molecule has 2 heteroatoms. The molecule has 0 saturated carbocycles. The highest BCUT2D eigenvalue weighted by molar-refractivity contribution is 6.30. The molecule has 1 aliphatic heterocycles. The van der Waals surface area contributed by atoms with E-state index in [1.807, 2.05) is 6.07 Å². The van der Waals surface area contributed by atoms with Crippen molar-refractivity contribution >= 4 is 11.6 Å². The number of rotatable bonds is 1. The summed E-state index contributed by atoms with van der Waals surface area (Å²) >= 11 is 6.33. The molecule has 1 fully saturated rings. The predicted molar refractivity (Wildman–Crippen MR) is 92.7 cm³/mol. The molecule has 2 aliphatic rings. The molecule has 0 N–H and O–H groups in total. The van der Waals surface area contributed by atoms with E-state index in [2.05, 4.69) is 55.3 Å². The summed E-state index contributed by atoms with van der Waals surface area (Å²) in [4.78, 5) is 2.49. The maximum absolute atomic E-state index is 6.33. The summed E-state index contributed by atoms with van der Waals surface area (Å²) in [7, 11) is 2.25. The van der Waals surface area contributed by atoms with Crippen molar-refractivity contribution in [3.8, 4) is 0 Å². The molecule has 22 heavy (non-hydrogen) atoms. The molecule has 3 unspecified atom stereocenters. The lowest BCUT2D eigenvalue weighted by molar-refractivity contribution is 0.350. The molecule has 1 nitrogen and oxygen atoms in total. The van der Waals surface area contributed by atoms with E-state index < -0.39 is 0 Å². The van der Waals surface area contributed by atoms with Crippen LogP contribution in [-0.4, -0.2) is 25.0 Å². The van der Waals surface area contributed by atoms with E-state index >= 15 is 0 Å². The fourth-order valence-electron chi connectivity index (χ4n) is 4.60. The molecule has 3 atom stereocenters. The number of hydrogen-bond donors (Lipinski definition) is 0. The van der Waals surface area contributed by atoms with E-state index in [4.69, 9.17) is 11.6 Å². The summed E-state index contributed by atoms with van der Waals surface area (Å²) in [6.45, 7) is 4.65. The molecule has 1 saturated heterocycles. The summed E-state index contributed by atoms with van der Waals surface area (Å²) in [5, 5.41) is 0.863. The molecule has 0 aromatic heterocycles. The van der Waals surface area contributed by atoms with Gasteiger partial charge in [-0.1, -0.05) is 41.9 Å². The van der Waals surface area contributed by atoms with E-state index in [1.54, 1.807) is 0 Å². The molecule has 114 valence electrons. The van der Waals surface area contributed by atoms with Crippen molar-refractivity contribution in [2.45, 2.75) is 19.3 Å². The van der Waals surface area contributed by atoms with Crippen molar-refractivity contribution in [3.63, 3.8) is 0 Å². The van der Waals surface area contributed by atoms with Crippen LogP contribution in [0.1, 0.15) is 28.2 Å². The van der Waals surface area contributed by atoms with Crippen molar-refractivity contribution in [1.29, 1.82) is 0 Å². The van der Waals surface area contributed by atoms with Crippen LogP contribution in [0.5, 0.6) is 0 Å². The lowest BCUT2D eigenvalue weighted by Crippen LogP contribution is -2.29. The van der Waals surface area contributed by atoms with Gasteiger partial charge in [0.05, 0.1) is 0 Å². The molecule has 2 aromatic carbocycles. The number of nitrogens with zero attached hydrogens (tertiary/aromatic N) is 1. The van der Waals surface area contributed by atoms with E-state index in [0.29, 0.717) is 11.8 Å². The maximum atomic E-state index is 6.33. The maximum Gasteiger partial charge on any atom is 0.0409 e. The fourth-order valence-corrected chi connectivity index (χ4v) is 4.78. The topological polar surface area (TPSA) is 3.24 Å². The van der Waals surface area contributed by atoms with Gasteiger partial charge in [-0.15, -0.1) is 0 Å². The third-order valence-electron chi connectivity index (χ3n) is 5.55. The standard InChI is InChI=1S/C20H22ClN/c1-13-5-3-4-6-17(13)20-18-10-16(21)8-7-14(18)9-15-11-22(2)12-19(15)20/h3-8,10,15,19-20H,9,11-12H2,1-2H3. The van der Waals surface area contributed by atoms with Gasteiger partial charge in [0, 0.05) is 24.0 Å². The first-order valence-electron chi connectivity index (χ1n) is 8.16. The van der Waals surface area contributed by atoms with Gasteiger partial charge in [-0.05, 0) is 66.6 Å². The van der Waals surface area contributed by atoms with Gasteiger partial charge >= 0.3 is 0 Å². The summed E-state index contributed by atoms with van der Waals surface area (Å²) in [5.41, 5.74) is 5.83. The predicted octanol–water partition coefficient (Wildman–Crippen LogP) is 4.51. The van der Waals surface area contributed by atoms with E-state index in [-0.39, 0.29) is 0 Å². The van der Waals surface area contributed by atoms with Gasteiger partial charge in [0.25, 0.3) is 0 Å². The minimum absolute atomic E-state index is 0.485. The lowest BCUT2D eigenvalue weighted by Gasteiger charge is -2.36. The summed E-state index contributed by atoms with van der Waals surface area (Å²) in [5.74, 6) is 1.96. The van der Waals surface area contributed by atoms with Crippen LogP contribution in [0.3, 0.4) is 0 Å². The zero-order valence-electron chi connectivity index (χ0n) is 13.2. The minimum atomic E-state index is 0.485. The van der Waals surface area contributed by atoms with E-state index in [1.165, 1.54) is 41.8 Å². The van der Waals surface area contributed by atoms with Crippen LogP contribution < -0.4 is 0 Å². The van der Waals surface area contributed by atoms with Crippen molar-refractivity contribution in [3.05, 3.63) is 69.7 Å². The molecule has 0 amide bonds. The molecular weight excluding hydrogens is 290 g/mol. The second kappa shape index (κ2) is 5.40. The van der Waals surface area contributed by atoms with E-state index in [9.17, 15) is 0 Å². The normalized spacial score (nSPS) is 27.5. The Labute approximate surface area is 137 Å². The Bertz CT molecular complexity index is 709. The summed E-state index contributed by atoms with van der Waals surface area (Å²) in [6.07, 6.45) is 1.20. The second-order valence-electron chi connectivity index (χ2n) is 7.03. The van der Waals surface area contributed by atoms with Crippen LogP contribution in [0.2, 0.25) is 5.02 Å². The Morgan fingerprint density at radius 1 is 1.05 bits per heavy atom. The number of halogens is 1. The van der Waals surface area contributed by atoms with Crippen molar-refractivity contribution in [1.82, 2.24) is 4.90 Å². The smallest absolute Gasteiger partial charge is 0.0409 e. The Hall–Kier alpha value is -1.31. The highest BCUT2D eigenvalue weighted by atomic mass is 35.5. The van der Waals surface area contributed by atoms with Gasteiger partial charge in [-0.3, -0.25) is 0 Å². The van der Waals surface area contributed by atoms with Crippen LogP contribution in [0, 0.1) is 18.8 Å². The molecule has 2 aromatic rings. The van der Waals surface area contributed by atoms with Gasteiger partial charge in [-0.25, -0.2) is 0 Å². The average molecular weight is 312 g/mol. The summed E-state index contributed by atoms with van der Waals surface area (Å²) < 4.78 is 0. The van der Waals surface area contributed by atoms with Crippen LogP contribution in [0.25, 0.3) is 0 Å². The largest absolute Gasteiger partial charge is 0.306 e. The molecule has 0 spiro atoms. The third kappa shape index (κ3) is 2.28. The van der Waals surface area contributed by atoms with Crippen LogP contribution in [-0.2, 0) is 6.42 Å². The first-order valence-corrected chi connectivity index (χ1v) is 8.53. The average Bonchev–Trinajstić information content (AvgIpc) is 2.86. The molecule has 0 bridgehead atoms. The van der Waals surface area contributed by atoms with Gasteiger partial charge in [-0.2, -0.15) is 0 Å². The molecular formula is C20H22ClN. The van der Waals surface area contributed by atoms with Gasteiger partial charge < -0.3 is 4.90 Å². The van der Waals surface area contributed by atoms with Gasteiger partial charge in [0.15, 0.2) is 0 Å². The van der Waals surface area contributed by atoms with Crippen molar-refractivity contribution in [2.24, 2.45) is 11.8 Å². The monoisotopic (exact) mass is 311 g/mol. The first-order chi connectivity index (χ1) is 10.6. The lowest BCUT2D eigenvalue weighted by atomic mass is 9.67. The number of fused-ring (bicyclic) bond motifs is 2. The quantitative estimate of drug-likeness (QED) is 0.749. The van der Waals surface area contributed by atoms with Crippen LogP contribution >= 0.6 is 11.6 Å². The van der Waals surface area contributed by atoms with Crippen LogP contribution in [0.4, 0.5) is 0 Å². The Morgan fingerprint density at radius 3 is 2.68 bits per heavy atom. The number of hydrogen-bond acceptors (Lipinski definition) is 1. The molecule has 1 heterocycles. The number of aryl methyl sites for hydroxylation is 1. The zero-order chi connectivity index (χ0) is 15.3. The Morgan fingerprint density at radius 2 is 1.86 bits per heavy atom. The second-order valence-corrected chi connectivity index (χ2v) is 7.46. The zero-order valence-corrected chi connectivity index (χ0v) is 14.0. The third-order valence-corrected chi connectivity index (χ3v) is 5.79. The van der Waals surface area contributed by atoms with Crippen LogP contribution in [0.15, 0.2) is 42.5 Å². The van der Waals surface area contributed by atoms with Gasteiger partial charge in [0.2, 0.25) is 0 Å². The first kappa shape index (κ1) is 14.3. The van der Waals surface area contributed by atoms with E-state index in [0.717, 1.165) is 10.9 Å². The van der Waals surface area contributed by atoms with Crippen molar-refractivity contribution in [2.75, 3.05) is 20.1 Å². The van der Waals surface area contributed by atoms with Gasteiger partial charge in [0.1, 0.15) is 0 Å². The molecule has 4 rings (SSSR count). The minimum Gasteiger partial charge on any atom is -0.306 e. The fraction of sp³-hybridized carbons (Fsp3) is 0.400. The molecule has 1 aliphatic carbocycles. The number of benzene rings is 2. The number of likely N-dealkylation sites (tertiary alicyclic amines) is 1. The Kier molecular flexibility index (Phi) is 3.51.